The molecule has 1 aromatic heterocycles. The van der Waals surface area contributed by atoms with Gasteiger partial charge in [0.05, 0.1) is 5.69 Å². The molecule has 0 saturated carbocycles. The summed E-state index contributed by atoms with van der Waals surface area (Å²) in [6.45, 7) is 6.14. The fourth-order valence-electron chi connectivity index (χ4n) is 2.81. The van der Waals surface area contributed by atoms with Crippen LogP contribution in [0.4, 0.5) is 0 Å². The van der Waals surface area contributed by atoms with Crippen LogP contribution in [-0.2, 0) is 6.42 Å². The fraction of sp³-hybridized carbons (Fsp3) is 0.714. The van der Waals surface area contributed by atoms with Gasteiger partial charge in [-0.1, -0.05) is 12.1 Å². The van der Waals surface area contributed by atoms with Gasteiger partial charge in [0.25, 0.3) is 5.91 Å². The minimum absolute atomic E-state index is 0. The Bertz CT molecular complexity index is 446. The first-order valence-corrected chi connectivity index (χ1v) is 7.11. The largest absolute Gasteiger partial charge is 0.360 e. The highest BCUT2D eigenvalue weighted by Gasteiger charge is 2.28. The van der Waals surface area contributed by atoms with E-state index >= 15 is 0 Å². The number of likely N-dealkylation sites (tertiary alicyclic amines) is 1. The van der Waals surface area contributed by atoms with E-state index < -0.39 is 0 Å². The van der Waals surface area contributed by atoms with Gasteiger partial charge in [0.15, 0.2) is 0 Å². The summed E-state index contributed by atoms with van der Waals surface area (Å²) < 4.78 is 5.21. The first-order valence-electron chi connectivity index (χ1n) is 7.11. The van der Waals surface area contributed by atoms with Crippen LogP contribution in [0.25, 0.3) is 0 Å². The average molecular weight is 302 g/mol. The molecule has 1 saturated heterocycles. The number of piperidine rings is 1. The Morgan fingerprint density at radius 2 is 2.30 bits per heavy atom. The van der Waals surface area contributed by atoms with Crippen molar-refractivity contribution in [3.8, 4) is 0 Å². The zero-order valence-electron chi connectivity index (χ0n) is 12.2. The minimum atomic E-state index is 0. The molecule has 0 aromatic carbocycles. The number of amides is 1. The van der Waals surface area contributed by atoms with Crippen molar-refractivity contribution < 1.29 is 9.32 Å². The number of aryl methyl sites for hydroxylation is 2. The lowest BCUT2D eigenvalue weighted by Gasteiger charge is -2.32. The molecule has 1 fully saturated rings. The van der Waals surface area contributed by atoms with Crippen LogP contribution in [0.5, 0.6) is 0 Å². The van der Waals surface area contributed by atoms with E-state index in [4.69, 9.17) is 10.3 Å². The van der Waals surface area contributed by atoms with Crippen molar-refractivity contribution >= 4 is 18.3 Å². The molecule has 1 aliphatic heterocycles. The van der Waals surface area contributed by atoms with Crippen molar-refractivity contribution in [3.05, 3.63) is 17.0 Å². The van der Waals surface area contributed by atoms with E-state index in [2.05, 4.69) is 5.16 Å². The molecule has 1 aromatic rings. The van der Waals surface area contributed by atoms with Crippen LogP contribution in [0.3, 0.4) is 0 Å². The molecule has 1 atom stereocenters. The summed E-state index contributed by atoms with van der Waals surface area (Å²) in [6.07, 6.45) is 3.92. The van der Waals surface area contributed by atoms with Gasteiger partial charge in [0.2, 0.25) is 0 Å². The Hall–Kier alpha value is -1.07. The molecule has 2 N–H and O–H groups in total. The third kappa shape index (κ3) is 3.52. The van der Waals surface area contributed by atoms with E-state index in [0.29, 0.717) is 35.9 Å². The van der Waals surface area contributed by atoms with Crippen molar-refractivity contribution in [2.24, 2.45) is 11.7 Å². The third-order valence-electron chi connectivity index (χ3n) is 3.85. The maximum atomic E-state index is 12.6. The zero-order valence-corrected chi connectivity index (χ0v) is 13.0. The summed E-state index contributed by atoms with van der Waals surface area (Å²) in [7, 11) is 0. The lowest BCUT2D eigenvalue weighted by molar-refractivity contribution is 0.0666. The molecule has 2 heterocycles. The topological polar surface area (TPSA) is 72.4 Å². The second-order valence-corrected chi connectivity index (χ2v) is 5.26. The van der Waals surface area contributed by atoms with E-state index in [1.807, 2.05) is 18.7 Å². The van der Waals surface area contributed by atoms with Gasteiger partial charge in [-0.15, -0.1) is 12.4 Å². The van der Waals surface area contributed by atoms with Crippen LogP contribution in [0.2, 0.25) is 0 Å². The predicted molar refractivity (Wildman–Crippen MR) is 80.2 cm³/mol. The van der Waals surface area contributed by atoms with Crippen molar-refractivity contribution in [2.75, 3.05) is 19.6 Å². The molecule has 1 amide bonds. The van der Waals surface area contributed by atoms with E-state index in [-0.39, 0.29) is 18.3 Å². The molecule has 0 bridgehead atoms. The van der Waals surface area contributed by atoms with Crippen LogP contribution in [-0.4, -0.2) is 35.6 Å². The lowest BCUT2D eigenvalue weighted by atomic mass is 9.94. The standard InChI is InChI=1S/C14H23N3O2.ClH/c1-3-12-13(10(2)16-19-12)14(18)17-8-4-5-11(9-17)6-7-15;/h11H,3-9,15H2,1-2H3;1H. The summed E-state index contributed by atoms with van der Waals surface area (Å²) in [5.74, 6) is 1.30. The highest BCUT2D eigenvalue weighted by Crippen LogP contribution is 2.23. The molecular weight excluding hydrogens is 278 g/mol. The number of hydrogen-bond donors (Lipinski definition) is 1. The SMILES string of the molecule is CCc1onc(C)c1C(=O)N1CCCC(CCN)C1.Cl. The average Bonchev–Trinajstić information content (AvgIpc) is 2.80. The summed E-state index contributed by atoms with van der Waals surface area (Å²) in [5.41, 5.74) is 6.98. The van der Waals surface area contributed by atoms with Gasteiger partial charge >= 0.3 is 0 Å². The van der Waals surface area contributed by atoms with E-state index in [1.165, 1.54) is 6.42 Å². The highest BCUT2D eigenvalue weighted by molar-refractivity contribution is 5.96. The molecule has 0 radical (unpaired) electrons. The second kappa shape index (κ2) is 7.64. The van der Waals surface area contributed by atoms with Gasteiger partial charge < -0.3 is 15.2 Å². The number of nitrogens with two attached hydrogens (primary N) is 1. The molecular formula is C14H24ClN3O2. The Morgan fingerprint density at radius 1 is 1.55 bits per heavy atom. The smallest absolute Gasteiger partial charge is 0.259 e. The van der Waals surface area contributed by atoms with Gasteiger partial charge in [-0.25, -0.2) is 0 Å². The zero-order chi connectivity index (χ0) is 13.8. The fourth-order valence-corrected chi connectivity index (χ4v) is 2.81. The van der Waals surface area contributed by atoms with Crippen LogP contribution in [0.15, 0.2) is 4.52 Å². The van der Waals surface area contributed by atoms with Crippen molar-refractivity contribution in [1.29, 1.82) is 0 Å². The molecule has 0 aliphatic carbocycles. The molecule has 5 nitrogen and oxygen atoms in total. The maximum absolute atomic E-state index is 12.6. The van der Waals surface area contributed by atoms with E-state index in [1.54, 1.807) is 0 Å². The highest BCUT2D eigenvalue weighted by atomic mass is 35.5. The van der Waals surface area contributed by atoms with Crippen LogP contribution in [0.1, 0.15) is 48.0 Å². The lowest BCUT2D eigenvalue weighted by Crippen LogP contribution is -2.40. The third-order valence-corrected chi connectivity index (χ3v) is 3.85. The normalized spacial score (nSPS) is 18.8. The Morgan fingerprint density at radius 3 is 2.95 bits per heavy atom. The number of carbonyl (C=O) groups excluding carboxylic acids is 1. The summed E-state index contributed by atoms with van der Waals surface area (Å²) in [5, 5.41) is 3.92. The van der Waals surface area contributed by atoms with Gasteiger partial charge in [0.1, 0.15) is 11.3 Å². The summed E-state index contributed by atoms with van der Waals surface area (Å²) in [6, 6.07) is 0. The predicted octanol–water partition coefficient (Wildman–Crippen LogP) is 2.17. The van der Waals surface area contributed by atoms with Gasteiger partial charge in [0, 0.05) is 19.5 Å². The Balaban J connectivity index is 0.00000200. The summed E-state index contributed by atoms with van der Waals surface area (Å²) in [4.78, 5) is 14.5. The molecule has 6 heteroatoms. The summed E-state index contributed by atoms with van der Waals surface area (Å²) >= 11 is 0. The Labute approximate surface area is 126 Å². The number of rotatable bonds is 4. The quantitative estimate of drug-likeness (QED) is 0.925. The number of halogens is 1. The minimum Gasteiger partial charge on any atom is -0.360 e. The van der Waals surface area contributed by atoms with Crippen LogP contribution < -0.4 is 5.73 Å². The Kier molecular flexibility index (Phi) is 6.49. The van der Waals surface area contributed by atoms with Crippen LogP contribution in [0, 0.1) is 12.8 Å². The second-order valence-electron chi connectivity index (χ2n) is 5.26. The molecule has 1 unspecified atom stereocenters. The molecule has 20 heavy (non-hydrogen) atoms. The van der Waals surface area contributed by atoms with E-state index in [0.717, 1.165) is 25.9 Å². The molecule has 2 rings (SSSR count). The molecule has 114 valence electrons. The van der Waals surface area contributed by atoms with Crippen molar-refractivity contribution in [3.63, 3.8) is 0 Å². The molecule has 1 aliphatic rings. The first kappa shape index (κ1) is 17.0. The van der Waals surface area contributed by atoms with Crippen LogP contribution >= 0.6 is 12.4 Å². The first-order chi connectivity index (χ1) is 9.17. The van der Waals surface area contributed by atoms with Crippen molar-refractivity contribution in [1.82, 2.24) is 10.1 Å². The van der Waals surface area contributed by atoms with Gasteiger partial charge in [-0.2, -0.15) is 0 Å². The van der Waals surface area contributed by atoms with E-state index in [9.17, 15) is 4.79 Å². The van der Waals surface area contributed by atoms with Crippen molar-refractivity contribution in [2.45, 2.75) is 39.5 Å². The molecule has 0 spiro atoms. The monoisotopic (exact) mass is 301 g/mol. The number of aromatic nitrogens is 1. The number of hydrogen-bond acceptors (Lipinski definition) is 4. The maximum Gasteiger partial charge on any atom is 0.259 e. The number of nitrogens with zero attached hydrogens (tertiary/aromatic N) is 2. The number of carbonyl (C=O) groups is 1. The van der Waals surface area contributed by atoms with Gasteiger partial charge in [-0.05, 0) is 38.6 Å². The van der Waals surface area contributed by atoms with Gasteiger partial charge in [-0.3, -0.25) is 4.79 Å².